The molecule has 1 amide bonds. The Bertz CT molecular complexity index is 438. The number of carbonyl (C=O) groups excluding carboxylic acids is 1. The van der Waals surface area contributed by atoms with Crippen LogP contribution in [0.1, 0.15) is 25.3 Å². The third-order valence-electron chi connectivity index (χ3n) is 3.86. The smallest absolute Gasteiger partial charge is 0.223 e. The van der Waals surface area contributed by atoms with Crippen molar-refractivity contribution in [3.63, 3.8) is 0 Å². The average molecular weight is 301 g/mol. The van der Waals surface area contributed by atoms with Crippen molar-refractivity contribution in [2.24, 2.45) is 11.7 Å². The molecule has 0 spiro atoms. The fourth-order valence-electron chi connectivity index (χ4n) is 2.71. The number of nitrogens with two attached hydrogens (primary N) is 1. The first-order valence-electron chi connectivity index (χ1n) is 6.84. The van der Waals surface area contributed by atoms with Crippen molar-refractivity contribution in [2.75, 3.05) is 13.1 Å². The summed E-state index contributed by atoms with van der Waals surface area (Å²) < 4.78 is 12.8. The maximum absolute atomic E-state index is 12.8. The molecule has 1 aromatic rings. The molecule has 1 fully saturated rings. The highest BCUT2D eigenvalue weighted by molar-refractivity contribution is 5.85. The lowest BCUT2D eigenvalue weighted by Crippen LogP contribution is -2.34. The number of nitrogens with zero attached hydrogens (tertiary/aromatic N) is 1. The van der Waals surface area contributed by atoms with Gasteiger partial charge in [-0.15, -0.1) is 12.4 Å². The molecule has 0 aromatic heterocycles. The number of likely N-dealkylation sites (tertiary alicyclic amines) is 1. The fourth-order valence-corrected chi connectivity index (χ4v) is 2.71. The minimum atomic E-state index is -0.242. The van der Waals surface area contributed by atoms with Crippen molar-refractivity contribution in [2.45, 2.75) is 32.2 Å². The van der Waals surface area contributed by atoms with E-state index in [9.17, 15) is 9.18 Å². The van der Waals surface area contributed by atoms with Crippen LogP contribution in [0, 0.1) is 11.7 Å². The first kappa shape index (κ1) is 16.9. The molecular formula is C15H22ClFN2O. The van der Waals surface area contributed by atoms with E-state index in [1.807, 2.05) is 4.90 Å². The van der Waals surface area contributed by atoms with Crippen molar-refractivity contribution >= 4 is 18.3 Å². The van der Waals surface area contributed by atoms with Gasteiger partial charge in [-0.2, -0.15) is 0 Å². The SMILES string of the molecule is CC1CC(CN)CN1C(=O)CCc1ccc(F)cc1.Cl. The monoisotopic (exact) mass is 300 g/mol. The van der Waals surface area contributed by atoms with Gasteiger partial charge in [0.25, 0.3) is 0 Å². The molecule has 0 aliphatic carbocycles. The summed E-state index contributed by atoms with van der Waals surface area (Å²) in [6.45, 7) is 3.50. The largest absolute Gasteiger partial charge is 0.340 e. The third kappa shape index (κ3) is 4.18. The van der Waals surface area contributed by atoms with Gasteiger partial charge in [-0.3, -0.25) is 4.79 Å². The number of carbonyl (C=O) groups is 1. The molecule has 1 heterocycles. The predicted octanol–water partition coefficient (Wildman–Crippen LogP) is 2.38. The Morgan fingerprint density at radius 1 is 1.40 bits per heavy atom. The van der Waals surface area contributed by atoms with Crippen LogP contribution in [0.3, 0.4) is 0 Å². The second-order valence-electron chi connectivity index (χ2n) is 5.36. The van der Waals surface area contributed by atoms with E-state index in [1.54, 1.807) is 12.1 Å². The van der Waals surface area contributed by atoms with E-state index in [2.05, 4.69) is 6.92 Å². The number of halogens is 2. The Hall–Kier alpha value is -1.13. The van der Waals surface area contributed by atoms with E-state index < -0.39 is 0 Å². The molecule has 1 saturated heterocycles. The summed E-state index contributed by atoms with van der Waals surface area (Å²) in [4.78, 5) is 14.1. The van der Waals surface area contributed by atoms with Crippen molar-refractivity contribution in [1.82, 2.24) is 4.90 Å². The number of rotatable bonds is 4. The average Bonchev–Trinajstić information content (AvgIpc) is 2.79. The Morgan fingerprint density at radius 3 is 2.60 bits per heavy atom. The zero-order chi connectivity index (χ0) is 13.8. The van der Waals surface area contributed by atoms with Crippen molar-refractivity contribution in [3.05, 3.63) is 35.6 Å². The molecule has 3 nitrogen and oxygen atoms in total. The normalized spacial score (nSPS) is 21.6. The number of hydrogen-bond acceptors (Lipinski definition) is 2. The first-order valence-corrected chi connectivity index (χ1v) is 6.84. The van der Waals surface area contributed by atoms with E-state index >= 15 is 0 Å². The van der Waals surface area contributed by atoms with Crippen LogP contribution in [0.4, 0.5) is 4.39 Å². The zero-order valence-corrected chi connectivity index (χ0v) is 12.5. The Balaban J connectivity index is 0.00000200. The highest BCUT2D eigenvalue weighted by Crippen LogP contribution is 2.23. The predicted molar refractivity (Wildman–Crippen MR) is 80.3 cm³/mol. The zero-order valence-electron chi connectivity index (χ0n) is 11.7. The van der Waals surface area contributed by atoms with E-state index in [-0.39, 0.29) is 30.2 Å². The summed E-state index contributed by atoms with van der Waals surface area (Å²) in [6.07, 6.45) is 2.14. The maximum Gasteiger partial charge on any atom is 0.223 e. The van der Waals surface area contributed by atoms with E-state index in [1.165, 1.54) is 12.1 Å². The Labute approximate surface area is 125 Å². The third-order valence-corrected chi connectivity index (χ3v) is 3.86. The second-order valence-corrected chi connectivity index (χ2v) is 5.36. The minimum Gasteiger partial charge on any atom is -0.340 e. The van der Waals surface area contributed by atoms with Crippen molar-refractivity contribution < 1.29 is 9.18 Å². The molecule has 0 radical (unpaired) electrons. The molecule has 0 saturated carbocycles. The summed E-state index contributed by atoms with van der Waals surface area (Å²) in [5, 5.41) is 0. The standard InChI is InChI=1S/C15H21FN2O.ClH/c1-11-8-13(9-17)10-18(11)15(19)7-4-12-2-5-14(16)6-3-12;/h2-3,5-6,11,13H,4,7-10,17H2,1H3;1H. The molecule has 1 aliphatic rings. The van der Waals surface area contributed by atoms with Crippen LogP contribution in [-0.4, -0.2) is 29.9 Å². The molecule has 2 rings (SSSR count). The van der Waals surface area contributed by atoms with Gasteiger partial charge in [0, 0.05) is 19.0 Å². The number of hydrogen-bond donors (Lipinski definition) is 1. The molecule has 2 atom stereocenters. The number of benzene rings is 1. The second kappa shape index (κ2) is 7.60. The van der Waals surface area contributed by atoms with Gasteiger partial charge < -0.3 is 10.6 Å². The lowest BCUT2D eigenvalue weighted by Gasteiger charge is -2.21. The van der Waals surface area contributed by atoms with Gasteiger partial charge in [-0.05, 0) is 49.9 Å². The fraction of sp³-hybridized carbons (Fsp3) is 0.533. The molecule has 2 unspecified atom stereocenters. The van der Waals surface area contributed by atoms with Crippen LogP contribution >= 0.6 is 12.4 Å². The van der Waals surface area contributed by atoms with Gasteiger partial charge in [0.2, 0.25) is 5.91 Å². The van der Waals surface area contributed by atoms with Crippen LogP contribution in [0.5, 0.6) is 0 Å². The van der Waals surface area contributed by atoms with Crippen LogP contribution in [0.2, 0.25) is 0 Å². The summed E-state index contributed by atoms with van der Waals surface area (Å²) >= 11 is 0. The van der Waals surface area contributed by atoms with Gasteiger partial charge >= 0.3 is 0 Å². The number of amides is 1. The molecule has 1 aromatic carbocycles. The lowest BCUT2D eigenvalue weighted by atomic mass is 10.1. The summed E-state index contributed by atoms with van der Waals surface area (Å²) in [6, 6.07) is 6.62. The molecular weight excluding hydrogens is 279 g/mol. The van der Waals surface area contributed by atoms with Crippen molar-refractivity contribution in [1.29, 1.82) is 0 Å². The Morgan fingerprint density at radius 2 is 2.05 bits per heavy atom. The van der Waals surface area contributed by atoms with Gasteiger partial charge in [-0.1, -0.05) is 12.1 Å². The van der Waals surface area contributed by atoms with Gasteiger partial charge in [-0.25, -0.2) is 4.39 Å². The van der Waals surface area contributed by atoms with Gasteiger partial charge in [0.05, 0.1) is 0 Å². The van der Waals surface area contributed by atoms with Crippen LogP contribution in [0.15, 0.2) is 24.3 Å². The molecule has 2 N–H and O–H groups in total. The highest BCUT2D eigenvalue weighted by atomic mass is 35.5. The maximum atomic E-state index is 12.8. The van der Waals surface area contributed by atoms with Crippen molar-refractivity contribution in [3.8, 4) is 0 Å². The quantitative estimate of drug-likeness (QED) is 0.928. The molecule has 0 bridgehead atoms. The van der Waals surface area contributed by atoms with E-state index in [0.717, 1.165) is 18.5 Å². The van der Waals surface area contributed by atoms with Gasteiger partial charge in [0.15, 0.2) is 0 Å². The van der Waals surface area contributed by atoms with E-state index in [4.69, 9.17) is 5.73 Å². The highest BCUT2D eigenvalue weighted by Gasteiger charge is 2.30. The minimum absolute atomic E-state index is 0. The molecule has 1 aliphatic heterocycles. The van der Waals surface area contributed by atoms with E-state index in [0.29, 0.717) is 25.3 Å². The molecule has 112 valence electrons. The topological polar surface area (TPSA) is 46.3 Å². The van der Waals surface area contributed by atoms with Gasteiger partial charge in [0.1, 0.15) is 5.82 Å². The van der Waals surface area contributed by atoms with Crippen LogP contribution in [-0.2, 0) is 11.2 Å². The summed E-state index contributed by atoms with van der Waals surface area (Å²) in [5.74, 6) is 0.367. The summed E-state index contributed by atoms with van der Waals surface area (Å²) in [7, 11) is 0. The molecule has 20 heavy (non-hydrogen) atoms. The molecule has 5 heteroatoms. The Kier molecular flexibility index (Phi) is 6.43. The first-order chi connectivity index (χ1) is 9.10. The van der Waals surface area contributed by atoms with Crippen LogP contribution in [0.25, 0.3) is 0 Å². The summed E-state index contributed by atoms with van der Waals surface area (Å²) in [5.41, 5.74) is 6.66. The van der Waals surface area contributed by atoms with Crippen LogP contribution < -0.4 is 5.73 Å². The lowest BCUT2D eigenvalue weighted by molar-refractivity contribution is -0.131. The number of aryl methyl sites for hydroxylation is 1.